The maximum atomic E-state index is 12.2. The number of hydrogen-bond donors (Lipinski definition) is 0. The maximum Gasteiger partial charge on any atom is 0.306 e. The molecule has 0 spiro atoms. The highest BCUT2D eigenvalue weighted by Crippen LogP contribution is 2.61. The van der Waals surface area contributed by atoms with Crippen molar-refractivity contribution in [2.75, 3.05) is 39.8 Å². The fourth-order valence-corrected chi connectivity index (χ4v) is 5.00. The van der Waals surface area contributed by atoms with E-state index in [4.69, 9.17) is 4.74 Å². The standard InChI is InChI=1S/C19H34N2O2/c1-14-16-12-15(19(16,2)3)13-17(14)23-18(22)6-5-7-21-10-8-20(4)9-11-21/h14-17H,5-13H2,1-4H3/t14-,15+,16-,17-/m1/s1. The molecule has 0 radical (unpaired) electrons. The number of rotatable bonds is 5. The number of nitrogens with zero attached hydrogens (tertiary/aromatic N) is 2. The van der Waals surface area contributed by atoms with Gasteiger partial charge in [0.05, 0.1) is 0 Å². The highest BCUT2D eigenvalue weighted by atomic mass is 16.5. The SMILES string of the molecule is C[C@@H]1[C@H]2C[C@@H](C[C@H]1OC(=O)CCCN1CCN(C)CC1)C2(C)C. The average Bonchev–Trinajstić information content (AvgIpc) is 2.50. The van der Waals surface area contributed by atoms with Gasteiger partial charge in [-0.3, -0.25) is 4.79 Å². The van der Waals surface area contributed by atoms with Gasteiger partial charge in [0.2, 0.25) is 0 Å². The van der Waals surface area contributed by atoms with E-state index >= 15 is 0 Å². The van der Waals surface area contributed by atoms with E-state index < -0.39 is 0 Å². The molecule has 1 saturated heterocycles. The monoisotopic (exact) mass is 322 g/mol. The lowest BCUT2D eigenvalue weighted by molar-refractivity contribution is -0.186. The summed E-state index contributed by atoms with van der Waals surface area (Å²) in [5.41, 5.74) is 0.462. The molecule has 4 rings (SSSR count). The quantitative estimate of drug-likeness (QED) is 0.729. The zero-order chi connectivity index (χ0) is 16.6. The lowest BCUT2D eigenvalue weighted by atomic mass is 9.45. The molecule has 2 bridgehead atoms. The molecule has 4 fully saturated rings. The molecule has 132 valence electrons. The Bertz CT molecular complexity index is 429. The van der Waals surface area contributed by atoms with Crippen molar-refractivity contribution in [2.45, 2.75) is 52.6 Å². The predicted molar refractivity (Wildman–Crippen MR) is 92.2 cm³/mol. The molecule has 1 aliphatic heterocycles. The number of esters is 1. The minimum absolute atomic E-state index is 0.0232. The van der Waals surface area contributed by atoms with Gasteiger partial charge in [-0.2, -0.15) is 0 Å². The van der Waals surface area contributed by atoms with Gasteiger partial charge in [-0.25, -0.2) is 0 Å². The molecule has 4 aliphatic rings. The van der Waals surface area contributed by atoms with Crippen molar-refractivity contribution in [1.82, 2.24) is 9.80 Å². The lowest BCUT2D eigenvalue weighted by Gasteiger charge is -2.61. The minimum Gasteiger partial charge on any atom is -0.462 e. The normalized spacial score (nSPS) is 37.2. The van der Waals surface area contributed by atoms with E-state index in [0.717, 1.165) is 57.4 Å². The molecule has 4 atom stereocenters. The molecule has 3 saturated carbocycles. The molecule has 0 unspecified atom stereocenters. The summed E-state index contributed by atoms with van der Waals surface area (Å²) in [7, 11) is 2.17. The number of carbonyl (C=O) groups is 1. The van der Waals surface area contributed by atoms with E-state index in [0.29, 0.717) is 17.8 Å². The average molecular weight is 322 g/mol. The molecule has 0 N–H and O–H groups in total. The summed E-state index contributed by atoms with van der Waals surface area (Å²) in [6, 6.07) is 0. The Morgan fingerprint density at radius 3 is 2.48 bits per heavy atom. The molecule has 3 aliphatic carbocycles. The van der Waals surface area contributed by atoms with Crippen LogP contribution < -0.4 is 0 Å². The number of hydrogen-bond acceptors (Lipinski definition) is 4. The summed E-state index contributed by atoms with van der Waals surface area (Å²) in [5.74, 6) is 2.04. The van der Waals surface area contributed by atoms with E-state index in [-0.39, 0.29) is 12.1 Å². The Morgan fingerprint density at radius 1 is 1.17 bits per heavy atom. The fourth-order valence-electron chi connectivity index (χ4n) is 5.00. The van der Waals surface area contributed by atoms with Crippen molar-refractivity contribution in [2.24, 2.45) is 23.2 Å². The molecule has 0 aromatic carbocycles. The number of ether oxygens (including phenoxy) is 1. The van der Waals surface area contributed by atoms with Crippen LogP contribution in [0.15, 0.2) is 0 Å². The molecule has 0 aromatic heterocycles. The summed E-state index contributed by atoms with van der Waals surface area (Å²) in [4.78, 5) is 17.0. The zero-order valence-corrected chi connectivity index (χ0v) is 15.4. The zero-order valence-electron chi connectivity index (χ0n) is 15.4. The van der Waals surface area contributed by atoms with Crippen molar-refractivity contribution in [1.29, 1.82) is 0 Å². The van der Waals surface area contributed by atoms with Crippen molar-refractivity contribution < 1.29 is 9.53 Å². The number of carbonyl (C=O) groups excluding carboxylic acids is 1. The summed E-state index contributed by atoms with van der Waals surface area (Å²) >= 11 is 0. The molecule has 0 aromatic rings. The van der Waals surface area contributed by atoms with Crippen LogP contribution in [0.5, 0.6) is 0 Å². The molecular formula is C19H34N2O2. The van der Waals surface area contributed by atoms with E-state index in [9.17, 15) is 4.79 Å². The van der Waals surface area contributed by atoms with Gasteiger partial charge < -0.3 is 14.5 Å². The number of fused-ring (bicyclic) bond motifs is 2. The van der Waals surface area contributed by atoms with Crippen LogP contribution in [0.4, 0.5) is 0 Å². The molecule has 23 heavy (non-hydrogen) atoms. The topological polar surface area (TPSA) is 32.8 Å². The first kappa shape index (κ1) is 17.2. The van der Waals surface area contributed by atoms with Crippen LogP contribution in [0.3, 0.4) is 0 Å². The third-order valence-corrected chi connectivity index (χ3v) is 7.02. The van der Waals surface area contributed by atoms with Gasteiger partial charge in [-0.05, 0) is 56.0 Å². The van der Waals surface area contributed by atoms with Gasteiger partial charge >= 0.3 is 5.97 Å². The van der Waals surface area contributed by atoms with Crippen LogP contribution in [0.25, 0.3) is 0 Å². The van der Waals surface area contributed by atoms with Crippen LogP contribution >= 0.6 is 0 Å². The summed E-state index contributed by atoms with van der Waals surface area (Å²) in [5, 5.41) is 0. The van der Waals surface area contributed by atoms with Crippen LogP contribution in [-0.2, 0) is 9.53 Å². The first-order valence-corrected chi connectivity index (χ1v) is 9.48. The Hall–Kier alpha value is -0.610. The maximum absolute atomic E-state index is 12.2. The van der Waals surface area contributed by atoms with Crippen molar-refractivity contribution in [3.05, 3.63) is 0 Å². The van der Waals surface area contributed by atoms with Crippen molar-refractivity contribution in [3.63, 3.8) is 0 Å². The first-order valence-electron chi connectivity index (χ1n) is 9.48. The third-order valence-electron chi connectivity index (χ3n) is 7.02. The molecule has 4 nitrogen and oxygen atoms in total. The second-order valence-electron chi connectivity index (χ2n) is 8.73. The first-order chi connectivity index (χ1) is 10.9. The lowest BCUT2D eigenvalue weighted by Crippen LogP contribution is -2.57. The van der Waals surface area contributed by atoms with E-state index in [1.807, 2.05) is 0 Å². The largest absolute Gasteiger partial charge is 0.462 e. The van der Waals surface area contributed by atoms with Gasteiger partial charge in [-0.15, -0.1) is 0 Å². The predicted octanol–water partition coefficient (Wildman–Crippen LogP) is 2.63. The van der Waals surface area contributed by atoms with E-state index in [1.54, 1.807) is 0 Å². The Balaban J connectivity index is 1.36. The van der Waals surface area contributed by atoms with Crippen molar-refractivity contribution >= 4 is 5.97 Å². The molecular weight excluding hydrogens is 288 g/mol. The second-order valence-corrected chi connectivity index (χ2v) is 8.73. The highest BCUT2D eigenvalue weighted by molar-refractivity contribution is 5.69. The molecule has 0 amide bonds. The summed E-state index contributed by atoms with van der Waals surface area (Å²) in [6.07, 6.45) is 4.10. The smallest absolute Gasteiger partial charge is 0.306 e. The minimum atomic E-state index is 0.0232. The van der Waals surface area contributed by atoms with Crippen LogP contribution in [0.1, 0.15) is 46.5 Å². The van der Waals surface area contributed by atoms with Gasteiger partial charge in [0, 0.05) is 32.6 Å². The van der Waals surface area contributed by atoms with E-state index in [1.165, 1.54) is 6.42 Å². The third kappa shape index (κ3) is 3.58. The van der Waals surface area contributed by atoms with Gasteiger partial charge in [0.1, 0.15) is 6.10 Å². The molecule has 4 heteroatoms. The Labute approximate surface area is 141 Å². The van der Waals surface area contributed by atoms with Crippen LogP contribution in [0.2, 0.25) is 0 Å². The van der Waals surface area contributed by atoms with Gasteiger partial charge in [0.25, 0.3) is 0 Å². The van der Waals surface area contributed by atoms with Gasteiger partial charge in [0.15, 0.2) is 0 Å². The van der Waals surface area contributed by atoms with Crippen LogP contribution in [-0.4, -0.2) is 61.6 Å². The van der Waals surface area contributed by atoms with E-state index in [2.05, 4.69) is 37.6 Å². The second kappa shape index (κ2) is 6.72. The Morgan fingerprint density at radius 2 is 1.87 bits per heavy atom. The summed E-state index contributed by atoms with van der Waals surface area (Å²) in [6.45, 7) is 12.6. The molecule has 1 heterocycles. The number of likely N-dealkylation sites (N-methyl/N-ethyl adjacent to an activating group) is 1. The fraction of sp³-hybridized carbons (Fsp3) is 0.947. The van der Waals surface area contributed by atoms with Gasteiger partial charge in [-0.1, -0.05) is 20.8 Å². The summed E-state index contributed by atoms with van der Waals surface area (Å²) < 4.78 is 5.84. The van der Waals surface area contributed by atoms with Crippen molar-refractivity contribution in [3.8, 4) is 0 Å². The number of piperazine rings is 1. The van der Waals surface area contributed by atoms with Crippen LogP contribution in [0, 0.1) is 23.2 Å². The highest BCUT2D eigenvalue weighted by Gasteiger charge is 2.57. The Kier molecular flexibility index (Phi) is 5.03.